The molecule has 0 aliphatic carbocycles. The molecule has 0 saturated heterocycles. The molecule has 0 saturated carbocycles. The van der Waals surface area contributed by atoms with E-state index in [0.29, 0.717) is 0 Å². The van der Waals surface area contributed by atoms with Crippen molar-refractivity contribution in [1.82, 2.24) is 14.5 Å². The van der Waals surface area contributed by atoms with Gasteiger partial charge in [0.15, 0.2) is 0 Å². The Morgan fingerprint density at radius 1 is 0.750 bits per heavy atom. The van der Waals surface area contributed by atoms with Crippen molar-refractivity contribution in [1.29, 1.82) is 0 Å². The summed E-state index contributed by atoms with van der Waals surface area (Å²) < 4.78 is 4.81. The molecule has 3 heterocycles. The number of hydrogen-bond donors (Lipinski definition) is 0. The summed E-state index contributed by atoms with van der Waals surface area (Å²) >= 11 is 1.85. The quantitative estimate of drug-likeness (QED) is 0.253. The number of aryl methyl sites for hydroxylation is 2. The summed E-state index contributed by atoms with van der Waals surface area (Å²) in [5.41, 5.74) is 8.95. The number of thiophene rings is 1. The molecule has 0 fully saturated rings. The van der Waals surface area contributed by atoms with E-state index in [-0.39, 0.29) is 0 Å². The highest BCUT2D eigenvalue weighted by molar-refractivity contribution is 7.26. The van der Waals surface area contributed by atoms with Gasteiger partial charge in [0.05, 0.1) is 17.2 Å². The topological polar surface area (TPSA) is 30.7 Å². The van der Waals surface area contributed by atoms with Crippen molar-refractivity contribution in [3.63, 3.8) is 0 Å². The van der Waals surface area contributed by atoms with Crippen LogP contribution in [0.25, 0.3) is 59.4 Å². The predicted molar refractivity (Wildman–Crippen MR) is 152 cm³/mol. The number of benzene rings is 4. The summed E-state index contributed by atoms with van der Waals surface area (Å²) in [4.78, 5) is 9.76. The molecule has 0 amide bonds. The maximum atomic E-state index is 5.16. The summed E-state index contributed by atoms with van der Waals surface area (Å²) in [6.45, 7) is 4.22. The zero-order valence-electron chi connectivity index (χ0n) is 20.1. The first-order valence-corrected chi connectivity index (χ1v) is 12.9. The fourth-order valence-corrected chi connectivity index (χ4v) is 6.46. The molecule has 0 spiro atoms. The lowest BCUT2D eigenvalue weighted by Crippen LogP contribution is -1.98. The molecule has 3 aromatic heterocycles. The second-order valence-electron chi connectivity index (χ2n) is 9.23. The monoisotopic (exact) mass is 481 g/mol. The Labute approximate surface area is 213 Å². The Morgan fingerprint density at radius 3 is 2.33 bits per heavy atom. The van der Waals surface area contributed by atoms with Crippen molar-refractivity contribution in [2.45, 2.75) is 13.8 Å². The number of para-hydroxylation sites is 1. The average Bonchev–Trinajstić information content (AvgIpc) is 3.48. The van der Waals surface area contributed by atoms with Crippen LogP contribution in [0, 0.1) is 13.8 Å². The van der Waals surface area contributed by atoms with Crippen LogP contribution in [0.1, 0.15) is 11.3 Å². The van der Waals surface area contributed by atoms with Crippen molar-refractivity contribution in [3.8, 4) is 28.2 Å². The maximum Gasteiger partial charge on any atom is 0.147 e. The fourth-order valence-electron chi connectivity index (χ4n) is 5.13. The standard InChI is InChI=1S/C32H23N3S/c1-20-13-15-26(31-30(20)25-16-14-23(18-29(25)36-31)22-9-5-3-6-10-22)32-34-27-17-21(2)33-19-28(27)35(32)24-11-7-4-8-12-24/h3-19H,1-2H3. The van der Waals surface area contributed by atoms with E-state index in [9.17, 15) is 0 Å². The molecule has 7 aromatic rings. The zero-order valence-corrected chi connectivity index (χ0v) is 20.9. The van der Waals surface area contributed by atoms with Crippen LogP contribution in [-0.2, 0) is 0 Å². The molecule has 3 nitrogen and oxygen atoms in total. The molecule has 0 unspecified atom stereocenters. The number of hydrogen-bond acceptors (Lipinski definition) is 3. The smallest absolute Gasteiger partial charge is 0.147 e. The van der Waals surface area contributed by atoms with Gasteiger partial charge in [-0.15, -0.1) is 11.3 Å². The highest BCUT2D eigenvalue weighted by Crippen LogP contribution is 2.43. The van der Waals surface area contributed by atoms with E-state index in [0.717, 1.165) is 33.8 Å². The molecule has 0 atom stereocenters. The van der Waals surface area contributed by atoms with E-state index in [4.69, 9.17) is 4.98 Å². The molecule has 172 valence electrons. The van der Waals surface area contributed by atoms with E-state index in [1.165, 1.54) is 36.9 Å². The first kappa shape index (κ1) is 21.0. The Hall–Kier alpha value is -4.28. The van der Waals surface area contributed by atoms with Crippen LogP contribution in [0.4, 0.5) is 0 Å². The third-order valence-electron chi connectivity index (χ3n) is 6.87. The third kappa shape index (κ3) is 3.26. The highest BCUT2D eigenvalue weighted by Gasteiger charge is 2.20. The van der Waals surface area contributed by atoms with Crippen molar-refractivity contribution in [2.24, 2.45) is 0 Å². The van der Waals surface area contributed by atoms with Gasteiger partial charge in [0.1, 0.15) is 5.82 Å². The second-order valence-corrected chi connectivity index (χ2v) is 10.3. The van der Waals surface area contributed by atoms with Gasteiger partial charge in [-0.05, 0) is 60.9 Å². The molecule has 0 bridgehead atoms. The van der Waals surface area contributed by atoms with Gasteiger partial charge in [-0.25, -0.2) is 4.98 Å². The van der Waals surface area contributed by atoms with Crippen LogP contribution >= 0.6 is 11.3 Å². The van der Waals surface area contributed by atoms with Gasteiger partial charge >= 0.3 is 0 Å². The first-order valence-electron chi connectivity index (χ1n) is 12.1. The lowest BCUT2D eigenvalue weighted by Gasteiger charge is -2.11. The van der Waals surface area contributed by atoms with Crippen molar-refractivity contribution in [3.05, 3.63) is 115 Å². The number of pyridine rings is 1. The molecule has 36 heavy (non-hydrogen) atoms. The maximum absolute atomic E-state index is 5.16. The minimum atomic E-state index is 0.948. The fraction of sp³-hybridized carbons (Fsp3) is 0.0625. The van der Waals surface area contributed by atoms with E-state index in [1.807, 2.05) is 30.5 Å². The van der Waals surface area contributed by atoms with Crippen LogP contribution < -0.4 is 0 Å². The van der Waals surface area contributed by atoms with Gasteiger partial charge in [0.2, 0.25) is 0 Å². The second kappa shape index (κ2) is 8.14. The SMILES string of the molecule is Cc1cc2nc(-c3ccc(C)c4c3sc3cc(-c5ccccc5)ccc34)n(-c3ccccc3)c2cn1. The van der Waals surface area contributed by atoms with Crippen LogP contribution in [0.2, 0.25) is 0 Å². The first-order chi connectivity index (χ1) is 17.7. The molecule has 4 heteroatoms. The largest absolute Gasteiger partial charge is 0.291 e. The van der Waals surface area contributed by atoms with Crippen molar-refractivity contribution < 1.29 is 0 Å². The summed E-state index contributed by atoms with van der Waals surface area (Å²) in [5, 5.41) is 2.61. The van der Waals surface area contributed by atoms with E-state index >= 15 is 0 Å². The van der Waals surface area contributed by atoms with Crippen LogP contribution in [0.3, 0.4) is 0 Å². The minimum absolute atomic E-state index is 0.948. The molecule has 0 N–H and O–H groups in total. The van der Waals surface area contributed by atoms with E-state index in [2.05, 4.69) is 107 Å². The predicted octanol–water partition coefficient (Wildman–Crippen LogP) is 8.74. The van der Waals surface area contributed by atoms with Gasteiger partial charge < -0.3 is 0 Å². The molecule has 0 aliphatic rings. The Bertz CT molecular complexity index is 1900. The summed E-state index contributed by atoms with van der Waals surface area (Å²) in [6, 6.07) is 34.4. The number of imidazole rings is 1. The van der Waals surface area contributed by atoms with Gasteiger partial charge in [-0.1, -0.05) is 66.7 Å². The van der Waals surface area contributed by atoms with Crippen molar-refractivity contribution in [2.75, 3.05) is 0 Å². The van der Waals surface area contributed by atoms with Crippen LogP contribution in [0.15, 0.2) is 103 Å². The number of nitrogens with zero attached hydrogens (tertiary/aromatic N) is 3. The summed E-state index contributed by atoms with van der Waals surface area (Å²) in [7, 11) is 0. The van der Waals surface area contributed by atoms with Gasteiger partial charge in [-0.3, -0.25) is 9.55 Å². The molecular formula is C32H23N3S. The molecular weight excluding hydrogens is 458 g/mol. The van der Waals surface area contributed by atoms with E-state index < -0.39 is 0 Å². The molecule has 7 rings (SSSR count). The Morgan fingerprint density at radius 2 is 1.53 bits per heavy atom. The number of aromatic nitrogens is 3. The highest BCUT2D eigenvalue weighted by atomic mass is 32.1. The Kier molecular flexibility index (Phi) is 4.76. The molecule has 0 aliphatic heterocycles. The van der Waals surface area contributed by atoms with Gasteiger partial charge in [0.25, 0.3) is 0 Å². The lowest BCUT2D eigenvalue weighted by molar-refractivity contribution is 1.10. The van der Waals surface area contributed by atoms with Crippen LogP contribution in [-0.4, -0.2) is 14.5 Å². The van der Waals surface area contributed by atoms with E-state index in [1.54, 1.807) is 0 Å². The van der Waals surface area contributed by atoms with Gasteiger partial charge in [-0.2, -0.15) is 0 Å². The number of fused-ring (bicyclic) bond motifs is 4. The lowest BCUT2D eigenvalue weighted by atomic mass is 10.0. The summed E-state index contributed by atoms with van der Waals surface area (Å²) in [6.07, 6.45) is 1.94. The molecule has 4 aromatic carbocycles. The number of rotatable bonds is 3. The van der Waals surface area contributed by atoms with Crippen molar-refractivity contribution >= 4 is 42.5 Å². The minimum Gasteiger partial charge on any atom is -0.291 e. The van der Waals surface area contributed by atoms with Gasteiger partial charge in [0, 0.05) is 37.1 Å². The molecule has 0 radical (unpaired) electrons. The third-order valence-corrected chi connectivity index (χ3v) is 8.05. The zero-order chi connectivity index (χ0) is 24.2. The summed E-state index contributed by atoms with van der Waals surface area (Å²) in [5.74, 6) is 0.948. The Balaban J connectivity index is 1.53. The van der Waals surface area contributed by atoms with Crippen LogP contribution in [0.5, 0.6) is 0 Å². The average molecular weight is 482 g/mol. The normalized spacial score (nSPS) is 11.6.